The van der Waals surface area contributed by atoms with E-state index in [-0.39, 0.29) is 5.91 Å². The molecule has 1 heterocycles. The number of halogens is 1. The van der Waals surface area contributed by atoms with E-state index in [2.05, 4.69) is 21.2 Å². The van der Waals surface area contributed by atoms with Gasteiger partial charge in [0.1, 0.15) is 5.58 Å². The van der Waals surface area contributed by atoms with Gasteiger partial charge in [0.2, 0.25) is 0 Å². The van der Waals surface area contributed by atoms with Crippen molar-refractivity contribution in [1.29, 1.82) is 0 Å². The highest BCUT2D eigenvalue weighted by Crippen LogP contribution is 2.25. The maximum atomic E-state index is 12.3. The maximum Gasteiger partial charge on any atom is 0.291 e. The molecule has 4 heteroatoms. The second-order valence-corrected chi connectivity index (χ2v) is 5.94. The Balaban J connectivity index is 1.89. The van der Waals surface area contributed by atoms with Crippen LogP contribution in [0.1, 0.15) is 21.7 Å². The van der Waals surface area contributed by atoms with Crippen LogP contribution in [0.3, 0.4) is 0 Å². The van der Waals surface area contributed by atoms with E-state index in [9.17, 15) is 4.79 Å². The third kappa shape index (κ3) is 2.85. The molecule has 3 rings (SSSR count). The van der Waals surface area contributed by atoms with Crippen molar-refractivity contribution in [2.75, 3.05) is 5.32 Å². The van der Waals surface area contributed by atoms with Crippen molar-refractivity contribution < 1.29 is 9.21 Å². The maximum absolute atomic E-state index is 12.3. The Bertz CT molecular complexity index is 836. The SMILES string of the molecule is Cc1ccc(NC(=O)c2cc3cc(C)ccc3o2)c(Br)c1. The van der Waals surface area contributed by atoms with Gasteiger partial charge in [-0.3, -0.25) is 4.79 Å². The number of furan rings is 1. The number of hydrogen-bond donors (Lipinski definition) is 1. The highest BCUT2D eigenvalue weighted by molar-refractivity contribution is 9.10. The van der Waals surface area contributed by atoms with Crippen LogP contribution in [0.2, 0.25) is 0 Å². The molecule has 0 saturated carbocycles. The van der Waals surface area contributed by atoms with Gasteiger partial charge in [0.05, 0.1) is 5.69 Å². The predicted molar refractivity (Wildman–Crippen MR) is 87.8 cm³/mol. The molecule has 0 fully saturated rings. The number of carbonyl (C=O) groups excluding carboxylic acids is 1. The number of nitrogens with one attached hydrogen (secondary N) is 1. The molecule has 0 aliphatic rings. The number of hydrogen-bond acceptors (Lipinski definition) is 2. The molecule has 0 bridgehead atoms. The second kappa shape index (κ2) is 5.37. The Hall–Kier alpha value is -2.07. The first-order valence-corrected chi connectivity index (χ1v) is 7.40. The van der Waals surface area contributed by atoms with Crippen LogP contribution in [-0.4, -0.2) is 5.91 Å². The van der Waals surface area contributed by atoms with Gasteiger partial charge in [-0.1, -0.05) is 17.7 Å². The Morgan fingerprint density at radius 2 is 1.76 bits per heavy atom. The fraction of sp³-hybridized carbons (Fsp3) is 0.118. The smallest absolute Gasteiger partial charge is 0.291 e. The molecule has 0 unspecified atom stereocenters. The molecule has 1 N–H and O–H groups in total. The predicted octanol–water partition coefficient (Wildman–Crippen LogP) is 5.06. The molecule has 21 heavy (non-hydrogen) atoms. The van der Waals surface area contributed by atoms with Crippen molar-refractivity contribution in [3.8, 4) is 0 Å². The van der Waals surface area contributed by atoms with E-state index < -0.39 is 0 Å². The third-order valence-electron chi connectivity index (χ3n) is 3.27. The van der Waals surface area contributed by atoms with E-state index in [1.165, 1.54) is 0 Å². The van der Waals surface area contributed by atoms with E-state index in [0.717, 1.165) is 26.7 Å². The molecule has 0 saturated heterocycles. The summed E-state index contributed by atoms with van der Waals surface area (Å²) in [6.07, 6.45) is 0. The van der Waals surface area contributed by atoms with Crippen LogP contribution in [0.25, 0.3) is 11.0 Å². The summed E-state index contributed by atoms with van der Waals surface area (Å²) in [5.41, 5.74) is 3.70. The van der Waals surface area contributed by atoms with Gasteiger partial charge in [-0.25, -0.2) is 0 Å². The zero-order chi connectivity index (χ0) is 15.0. The van der Waals surface area contributed by atoms with Crippen molar-refractivity contribution in [1.82, 2.24) is 0 Å². The number of benzene rings is 2. The zero-order valence-corrected chi connectivity index (χ0v) is 13.3. The van der Waals surface area contributed by atoms with E-state index >= 15 is 0 Å². The molecule has 3 nitrogen and oxygen atoms in total. The Morgan fingerprint density at radius 1 is 1.05 bits per heavy atom. The third-order valence-corrected chi connectivity index (χ3v) is 3.92. The van der Waals surface area contributed by atoms with Gasteiger partial charge in [0, 0.05) is 9.86 Å². The number of carbonyl (C=O) groups is 1. The highest BCUT2D eigenvalue weighted by atomic mass is 79.9. The molecule has 0 spiro atoms. The van der Waals surface area contributed by atoms with Crippen molar-refractivity contribution >= 4 is 38.5 Å². The second-order valence-electron chi connectivity index (χ2n) is 5.09. The van der Waals surface area contributed by atoms with Gasteiger partial charge < -0.3 is 9.73 Å². The van der Waals surface area contributed by atoms with Gasteiger partial charge in [-0.15, -0.1) is 0 Å². The van der Waals surface area contributed by atoms with Crippen LogP contribution in [-0.2, 0) is 0 Å². The summed E-state index contributed by atoms with van der Waals surface area (Å²) in [5.74, 6) is 0.0523. The van der Waals surface area contributed by atoms with E-state index in [1.807, 2.05) is 50.2 Å². The molecule has 0 aliphatic carbocycles. The fourth-order valence-corrected chi connectivity index (χ4v) is 2.77. The van der Waals surface area contributed by atoms with Crippen molar-refractivity contribution in [2.45, 2.75) is 13.8 Å². The number of fused-ring (bicyclic) bond motifs is 1. The Labute approximate surface area is 131 Å². The molecule has 3 aromatic rings. The van der Waals surface area contributed by atoms with Crippen LogP contribution >= 0.6 is 15.9 Å². The van der Waals surface area contributed by atoms with Crippen LogP contribution in [0.15, 0.2) is 51.4 Å². The normalized spacial score (nSPS) is 10.8. The largest absolute Gasteiger partial charge is 0.451 e. The average molecular weight is 344 g/mol. The van der Waals surface area contributed by atoms with Crippen molar-refractivity contribution in [3.63, 3.8) is 0 Å². The molecule has 1 amide bonds. The quantitative estimate of drug-likeness (QED) is 0.706. The molecule has 1 aromatic heterocycles. The van der Waals surface area contributed by atoms with Crippen LogP contribution in [0.4, 0.5) is 5.69 Å². The van der Waals surface area contributed by atoms with Gasteiger partial charge in [0.15, 0.2) is 5.76 Å². The summed E-state index contributed by atoms with van der Waals surface area (Å²) >= 11 is 3.45. The minimum atomic E-state index is -0.256. The fourth-order valence-electron chi connectivity index (χ4n) is 2.18. The summed E-state index contributed by atoms with van der Waals surface area (Å²) in [6.45, 7) is 4.01. The summed E-state index contributed by atoms with van der Waals surface area (Å²) in [6, 6.07) is 13.4. The molecule has 0 aliphatic heterocycles. The lowest BCUT2D eigenvalue weighted by Crippen LogP contribution is -2.11. The van der Waals surface area contributed by atoms with Gasteiger partial charge in [0.25, 0.3) is 5.91 Å². The van der Waals surface area contributed by atoms with Gasteiger partial charge in [-0.2, -0.15) is 0 Å². The first kappa shape index (κ1) is 13.9. The van der Waals surface area contributed by atoms with Gasteiger partial charge >= 0.3 is 0 Å². The van der Waals surface area contributed by atoms with Crippen LogP contribution in [0, 0.1) is 13.8 Å². The summed E-state index contributed by atoms with van der Waals surface area (Å²) in [5, 5.41) is 3.78. The summed E-state index contributed by atoms with van der Waals surface area (Å²) in [4.78, 5) is 12.3. The van der Waals surface area contributed by atoms with Crippen LogP contribution in [0.5, 0.6) is 0 Å². The van der Waals surface area contributed by atoms with Crippen molar-refractivity contribution in [3.05, 3.63) is 63.8 Å². The number of anilines is 1. The monoisotopic (exact) mass is 343 g/mol. The number of aryl methyl sites for hydroxylation is 2. The topological polar surface area (TPSA) is 42.2 Å². The first-order chi connectivity index (χ1) is 10.0. The zero-order valence-electron chi connectivity index (χ0n) is 11.7. The molecular formula is C17H14BrNO2. The van der Waals surface area contributed by atoms with E-state index in [0.29, 0.717) is 11.3 Å². The lowest BCUT2D eigenvalue weighted by molar-refractivity contribution is 0.0998. The first-order valence-electron chi connectivity index (χ1n) is 6.60. The van der Waals surface area contributed by atoms with Crippen molar-refractivity contribution in [2.24, 2.45) is 0 Å². The van der Waals surface area contributed by atoms with Crippen LogP contribution < -0.4 is 5.32 Å². The average Bonchev–Trinajstić information content (AvgIpc) is 2.85. The van der Waals surface area contributed by atoms with Gasteiger partial charge in [-0.05, 0) is 65.7 Å². The number of rotatable bonds is 2. The Kier molecular flexibility index (Phi) is 3.55. The highest BCUT2D eigenvalue weighted by Gasteiger charge is 2.13. The summed E-state index contributed by atoms with van der Waals surface area (Å²) in [7, 11) is 0. The molecule has 0 radical (unpaired) electrons. The lowest BCUT2D eigenvalue weighted by atomic mass is 10.2. The number of amides is 1. The molecular weight excluding hydrogens is 330 g/mol. The van der Waals surface area contributed by atoms with E-state index in [4.69, 9.17) is 4.42 Å². The van der Waals surface area contributed by atoms with E-state index in [1.54, 1.807) is 6.07 Å². The lowest BCUT2D eigenvalue weighted by Gasteiger charge is -2.06. The standard InChI is InChI=1S/C17H14BrNO2/c1-10-4-6-15-12(7-10)9-16(21-15)17(20)19-14-5-3-11(2)8-13(14)18/h3-9H,1-2H3,(H,19,20). The molecule has 0 atom stereocenters. The summed E-state index contributed by atoms with van der Waals surface area (Å²) < 4.78 is 6.44. The Morgan fingerprint density at radius 3 is 2.52 bits per heavy atom. The molecule has 106 valence electrons. The minimum absolute atomic E-state index is 0.256. The molecule has 2 aromatic carbocycles. The minimum Gasteiger partial charge on any atom is -0.451 e.